The van der Waals surface area contributed by atoms with Crippen LogP contribution in [0.5, 0.6) is 0 Å². The molecule has 0 unspecified atom stereocenters. The molecule has 0 aliphatic heterocycles. The molecule has 0 amide bonds. The van der Waals surface area contributed by atoms with Gasteiger partial charge >= 0.3 is 0 Å². The van der Waals surface area contributed by atoms with Crippen LogP contribution in [0.1, 0.15) is 11.1 Å². The Morgan fingerprint density at radius 3 is 1.14 bits per heavy atom. The fraction of sp³-hybridized carbons (Fsp3) is 0.0286. The molecule has 0 saturated carbocycles. The van der Waals surface area contributed by atoms with Gasteiger partial charge in [-0.2, -0.15) is 0 Å². The summed E-state index contributed by atoms with van der Waals surface area (Å²) in [4.78, 5) is 0. The van der Waals surface area contributed by atoms with Gasteiger partial charge in [0.25, 0.3) is 0 Å². The van der Waals surface area contributed by atoms with Crippen molar-refractivity contribution < 1.29 is 0 Å². The first-order chi connectivity index (χ1) is 18.3. The summed E-state index contributed by atoms with van der Waals surface area (Å²) in [5.41, 5.74) is 9.94. The van der Waals surface area contributed by atoms with E-state index in [2.05, 4.69) is 120 Å². The number of para-hydroxylation sites is 2. The van der Waals surface area contributed by atoms with E-state index < -0.39 is 0 Å². The van der Waals surface area contributed by atoms with Crippen LogP contribution in [-0.2, 0) is 6.42 Å². The maximum atomic E-state index is 3.49. The second kappa shape index (κ2) is 10.4. The average Bonchev–Trinajstić information content (AvgIpc) is 3.31. The first kappa shape index (κ1) is 22.6. The molecule has 0 bridgehead atoms. The topological polar surface area (TPSA) is 24.1 Å². The fourth-order valence-electron chi connectivity index (χ4n) is 4.88. The third-order valence-electron chi connectivity index (χ3n) is 6.67. The van der Waals surface area contributed by atoms with E-state index in [0.29, 0.717) is 0 Å². The molecule has 178 valence electrons. The lowest BCUT2D eigenvalue weighted by Gasteiger charge is -2.09. The summed E-state index contributed by atoms with van der Waals surface area (Å²) in [6.45, 7) is 0. The zero-order valence-corrected chi connectivity index (χ0v) is 20.6. The zero-order valence-electron chi connectivity index (χ0n) is 20.6. The molecule has 0 saturated heterocycles. The Hall–Kier alpha value is -4.82. The van der Waals surface area contributed by atoms with Gasteiger partial charge in [0, 0.05) is 22.7 Å². The van der Waals surface area contributed by atoms with Gasteiger partial charge in [0.15, 0.2) is 0 Å². The lowest BCUT2D eigenvalue weighted by Crippen LogP contribution is -1.91. The van der Waals surface area contributed by atoms with Crippen molar-refractivity contribution in [2.75, 3.05) is 10.6 Å². The van der Waals surface area contributed by atoms with Crippen molar-refractivity contribution in [3.63, 3.8) is 0 Å². The Balaban J connectivity index is 0.000000210. The van der Waals surface area contributed by atoms with Gasteiger partial charge in [-0.3, -0.25) is 0 Å². The van der Waals surface area contributed by atoms with Gasteiger partial charge in [-0.1, -0.05) is 97.1 Å². The molecule has 0 radical (unpaired) electrons. The second-order valence-corrected chi connectivity index (χ2v) is 9.25. The SMILES string of the molecule is c1ccc(Nc2ccc3c(c2)Cc2cc(Nc4ccccc4)ccc2-3)cc1.c1ccc2ccccc2c1. The molecule has 37 heavy (non-hydrogen) atoms. The summed E-state index contributed by atoms with van der Waals surface area (Å²) in [5, 5.41) is 9.60. The second-order valence-electron chi connectivity index (χ2n) is 9.25. The summed E-state index contributed by atoms with van der Waals surface area (Å²) in [6, 6.07) is 50.7. The molecule has 2 heteroatoms. The molecule has 0 atom stereocenters. The molecule has 1 aliphatic carbocycles. The molecule has 2 N–H and O–H groups in total. The molecule has 7 rings (SSSR count). The Morgan fingerprint density at radius 2 is 0.730 bits per heavy atom. The number of anilines is 4. The zero-order chi connectivity index (χ0) is 24.9. The Bertz CT molecular complexity index is 1480. The normalized spacial score (nSPS) is 11.1. The van der Waals surface area contributed by atoms with Crippen molar-refractivity contribution in [3.05, 3.63) is 157 Å². The minimum Gasteiger partial charge on any atom is -0.356 e. The van der Waals surface area contributed by atoms with Crippen LogP contribution in [0, 0.1) is 0 Å². The summed E-state index contributed by atoms with van der Waals surface area (Å²) in [6.07, 6.45) is 0.972. The summed E-state index contributed by atoms with van der Waals surface area (Å²) < 4.78 is 0. The molecule has 0 fully saturated rings. The monoisotopic (exact) mass is 476 g/mol. The largest absolute Gasteiger partial charge is 0.356 e. The maximum Gasteiger partial charge on any atom is 0.0387 e. The van der Waals surface area contributed by atoms with Gasteiger partial charge in [-0.05, 0) is 88.0 Å². The van der Waals surface area contributed by atoms with Crippen molar-refractivity contribution in [2.45, 2.75) is 6.42 Å². The highest BCUT2D eigenvalue weighted by molar-refractivity contribution is 5.82. The smallest absolute Gasteiger partial charge is 0.0387 e. The molecular formula is C35H28N2. The Morgan fingerprint density at radius 1 is 0.351 bits per heavy atom. The first-order valence-electron chi connectivity index (χ1n) is 12.7. The van der Waals surface area contributed by atoms with E-state index in [4.69, 9.17) is 0 Å². The number of hydrogen-bond donors (Lipinski definition) is 2. The van der Waals surface area contributed by atoms with Crippen LogP contribution in [0.3, 0.4) is 0 Å². The van der Waals surface area contributed by atoms with E-state index in [1.165, 1.54) is 33.0 Å². The van der Waals surface area contributed by atoms with Crippen molar-refractivity contribution >= 4 is 33.5 Å². The quantitative estimate of drug-likeness (QED) is 0.264. The lowest BCUT2D eigenvalue weighted by atomic mass is 10.0. The number of rotatable bonds is 4. The highest BCUT2D eigenvalue weighted by Crippen LogP contribution is 2.39. The van der Waals surface area contributed by atoms with Gasteiger partial charge in [-0.15, -0.1) is 0 Å². The Labute approximate surface area is 218 Å². The Kier molecular flexibility index (Phi) is 6.38. The van der Waals surface area contributed by atoms with E-state index in [1.807, 2.05) is 36.4 Å². The van der Waals surface area contributed by atoms with Crippen LogP contribution in [0.4, 0.5) is 22.7 Å². The number of benzene rings is 6. The molecular weight excluding hydrogens is 448 g/mol. The molecule has 6 aromatic rings. The van der Waals surface area contributed by atoms with Crippen molar-refractivity contribution in [3.8, 4) is 11.1 Å². The number of nitrogens with one attached hydrogen (secondary N) is 2. The van der Waals surface area contributed by atoms with Crippen molar-refractivity contribution in [1.82, 2.24) is 0 Å². The fourth-order valence-corrected chi connectivity index (χ4v) is 4.88. The van der Waals surface area contributed by atoms with Gasteiger partial charge in [0.05, 0.1) is 0 Å². The summed E-state index contributed by atoms with van der Waals surface area (Å²) in [7, 11) is 0. The molecule has 1 aliphatic rings. The van der Waals surface area contributed by atoms with Gasteiger partial charge in [-0.25, -0.2) is 0 Å². The van der Waals surface area contributed by atoms with Gasteiger partial charge in [0.2, 0.25) is 0 Å². The van der Waals surface area contributed by atoms with E-state index in [1.54, 1.807) is 0 Å². The predicted molar refractivity (Wildman–Crippen MR) is 158 cm³/mol. The van der Waals surface area contributed by atoms with Crippen LogP contribution < -0.4 is 10.6 Å². The van der Waals surface area contributed by atoms with Crippen LogP contribution >= 0.6 is 0 Å². The summed E-state index contributed by atoms with van der Waals surface area (Å²) in [5.74, 6) is 0. The van der Waals surface area contributed by atoms with Crippen LogP contribution in [-0.4, -0.2) is 0 Å². The maximum absolute atomic E-state index is 3.49. The van der Waals surface area contributed by atoms with E-state index >= 15 is 0 Å². The third kappa shape index (κ3) is 5.24. The molecule has 0 spiro atoms. The van der Waals surface area contributed by atoms with E-state index in [9.17, 15) is 0 Å². The van der Waals surface area contributed by atoms with Crippen molar-refractivity contribution in [2.24, 2.45) is 0 Å². The van der Waals surface area contributed by atoms with Crippen LogP contribution in [0.25, 0.3) is 21.9 Å². The highest BCUT2D eigenvalue weighted by Gasteiger charge is 2.19. The van der Waals surface area contributed by atoms with Crippen LogP contribution in [0.15, 0.2) is 146 Å². The van der Waals surface area contributed by atoms with E-state index in [0.717, 1.165) is 29.2 Å². The first-order valence-corrected chi connectivity index (χ1v) is 12.7. The molecule has 0 aromatic heterocycles. The molecule has 2 nitrogen and oxygen atoms in total. The molecule has 6 aromatic carbocycles. The van der Waals surface area contributed by atoms with Gasteiger partial charge < -0.3 is 10.6 Å². The van der Waals surface area contributed by atoms with Crippen molar-refractivity contribution in [1.29, 1.82) is 0 Å². The minimum absolute atomic E-state index is 0.972. The lowest BCUT2D eigenvalue weighted by molar-refractivity contribution is 1.26. The standard InChI is InChI=1S/C25H20N2.C10H8/c1-3-7-20(8-4-1)26-22-11-13-24-18(16-22)15-19-17-23(12-14-25(19)24)27-21-9-5-2-6-10-21;1-2-6-10-8-4-3-7-9(10)5-1/h1-14,16-17,26-27H,15H2;1-8H. The average molecular weight is 477 g/mol. The van der Waals surface area contributed by atoms with Crippen LogP contribution in [0.2, 0.25) is 0 Å². The summed E-state index contributed by atoms with van der Waals surface area (Å²) >= 11 is 0. The molecule has 0 heterocycles. The number of hydrogen-bond acceptors (Lipinski definition) is 2. The minimum atomic E-state index is 0.972. The predicted octanol–water partition coefficient (Wildman–Crippen LogP) is 9.58. The third-order valence-corrected chi connectivity index (χ3v) is 6.67. The number of fused-ring (bicyclic) bond motifs is 4. The van der Waals surface area contributed by atoms with E-state index in [-0.39, 0.29) is 0 Å². The highest BCUT2D eigenvalue weighted by atomic mass is 14.9. The van der Waals surface area contributed by atoms with Gasteiger partial charge in [0.1, 0.15) is 0 Å².